The number of halogens is 1. The van der Waals surface area contributed by atoms with Gasteiger partial charge in [-0.1, -0.05) is 26.7 Å². The van der Waals surface area contributed by atoms with Gasteiger partial charge in [0.2, 0.25) is 10.0 Å². The SMILES string of the molecule is CCCC1CCCCN1S(=O)(=O)CC(C)CCl. The van der Waals surface area contributed by atoms with Crippen molar-refractivity contribution in [2.24, 2.45) is 5.92 Å². The van der Waals surface area contributed by atoms with Crippen LogP contribution in [0.25, 0.3) is 0 Å². The van der Waals surface area contributed by atoms with Crippen molar-refractivity contribution in [2.45, 2.75) is 52.0 Å². The number of hydrogen-bond acceptors (Lipinski definition) is 2. The average molecular weight is 282 g/mol. The summed E-state index contributed by atoms with van der Waals surface area (Å²) in [6.07, 6.45) is 5.19. The summed E-state index contributed by atoms with van der Waals surface area (Å²) in [6.45, 7) is 4.70. The lowest BCUT2D eigenvalue weighted by Gasteiger charge is -2.35. The van der Waals surface area contributed by atoms with Crippen molar-refractivity contribution < 1.29 is 8.42 Å². The molecular weight excluding hydrogens is 258 g/mol. The normalized spacial score (nSPS) is 24.8. The van der Waals surface area contributed by atoms with Gasteiger partial charge in [0.05, 0.1) is 5.75 Å². The molecule has 0 saturated carbocycles. The summed E-state index contributed by atoms with van der Waals surface area (Å²) in [5.41, 5.74) is 0. The highest BCUT2D eigenvalue weighted by atomic mass is 35.5. The van der Waals surface area contributed by atoms with Gasteiger partial charge in [0, 0.05) is 18.5 Å². The molecule has 1 saturated heterocycles. The van der Waals surface area contributed by atoms with Crippen molar-refractivity contribution in [1.29, 1.82) is 0 Å². The van der Waals surface area contributed by atoms with E-state index in [0.717, 1.165) is 32.1 Å². The van der Waals surface area contributed by atoms with E-state index in [1.165, 1.54) is 0 Å². The van der Waals surface area contributed by atoms with Crippen LogP contribution in [-0.4, -0.2) is 36.9 Å². The molecule has 0 amide bonds. The second-order valence-corrected chi connectivity index (χ2v) is 7.36. The number of piperidine rings is 1. The summed E-state index contributed by atoms with van der Waals surface area (Å²) in [5, 5.41) is 0. The van der Waals surface area contributed by atoms with Gasteiger partial charge in [0.1, 0.15) is 0 Å². The molecule has 0 aromatic rings. The zero-order chi connectivity index (χ0) is 12.9. The summed E-state index contributed by atoms with van der Waals surface area (Å²) in [5.74, 6) is 0.633. The molecule has 1 fully saturated rings. The van der Waals surface area contributed by atoms with Crippen LogP contribution >= 0.6 is 11.6 Å². The molecule has 2 atom stereocenters. The van der Waals surface area contributed by atoms with Crippen molar-refractivity contribution in [3.05, 3.63) is 0 Å². The number of sulfonamides is 1. The van der Waals surface area contributed by atoms with Crippen LogP contribution < -0.4 is 0 Å². The molecule has 0 aromatic carbocycles. The minimum absolute atomic E-state index is 0.0332. The Morgan fingerprint density at radius 1 is 1.41 bits per heavy atom. The Balaban J connectivity index is 2.72. The molecule has 0 bridgehead atoms. The van der Waals surface area contributed by atoms with Crippen molar-refractivity contribution in [3.8, 4) is 0 Å². The lowest BCUT2D eigenvalue weighted by atomic mass is 10.0. The van der Waals surface area contributed by atoms with Gasteiger partial charge < -0.3 is 0 Å². The molecule has 5 heteroatoms. The Morgan fingerprint density at radius 2 is 2.12 bits per heavy atom. The van der Waals surface area contributed by atoms with E-state index in [9.17, 15) is 8.42 Å². The highest BCUT2D eigenvalue weighted by molar-refractivity contribution is 7.89. The van der Waals surface area contributed by atoms with Crippen molar-refractivity contribution in [3.63, 3.8) is 0 Å². The maximum atomic E-state index is 12.3. The van der Waals surface area contributed by atoms with Crippen LogP contribution in [0, 0.1) is 5.92 Å². The smallest absolute Gasteiger partial charge is 0.212 e. The molecular formula is C12H24ClNO2S. The first kappa shape index (κ1) is 15.3. The summed E-state index contributed by atoms with van der Waals surface area (Å²) < 4.78 is 26.4. The molecule has 1 heterocycles. The van der Waals surface area contributed by atoms with Crippen LogP contribution in [0.4, 0.5) is 0 Å². The second-order valence-electron chi connectivity index (χ2n) is 5.09. The molecule has 0 radical (unpaired) electrons. The van der Waals surface area contributed by atoms with E-state index in [1.807, 2.05) is 6.92 Å². The quantitative estimate of drug-likeness (QED) is 0.702. The van der Waals surface area contributed by atoms with E-state index < -0.39 is 10.0 Å². The first-order valence-electron chi connectivity index (χ1n) is 6.56. The number of nitrogens with zero attached hydrogens (tertiary/aromatic N) is 1. The lowest BCUT2D eigenvalue weighted by molar-refractivity contribution is 0.239. The van der Waals surface area contributed by atoms with Crippen molar-refractivity contribution in [1.82, 2.24) is 4.31 Å². The van der Waals surface area contributed by atoms with E-state index in [-0.39, 0.29) is 17.7 Å². The van der Waals surface area contributed by atoms with Gasteiger partial charge in [-0.25, -0.2) is 8.42 Å². The van der Waals surface area contributed by atoms with E-state index in [4.69, 9.17) is 11.6 Å². The van der Waals surface area contributed by atoms with Crippen LogP contribution in [0.1, 0.15) is 46.0 Å². The van der Waals surface area contributed by atoms with Crippen molar-refractivity contribution in [2.75, 3.05) is 18.2 Å². The zero-order valence-electron chi connectivity index (χ0n) is 10.9. The van der Waals surface area contributed by atoms with E-state index in [0.29, 0.717) is 12.4 Å². The third-order valence-corrected chi connectivity index (χ3v) is 6.02. The number of rotatable bonds is 6. The predicted molar refractivity (Wildman–Crippen MR) is 72.9 cm³/mol. The monoisotopic (exact) mass is 281 g/mol. The largest absolute Gasteiger partial charge is 0.214 e. The van der Waals surface area contributed by atoms with Gasteiger partial charge in [-0.15, -0.1) is 11.6 Å². The fourth-order valence-electron chi connectivity index (χ4n) is 2.46. The van der Waals surface area contributed by atoms with Gasteiger partial charge in [-0.2, -0.15) is 4.31 Å². The molecule has 0 aromatic heterocycles. The van der Waals surface area contributed by atoms with Crippen LogP contribution in [0.3, 0.4) is 0 Å². The van der Waals surface area contributed by atoms with Gasteiger partial charge in [0.25, 0.3) is 0 Å². The van der Waals surface area contributed by atoms with E-state index in [2.05, 4.69) is 6.92 Å². The van der Waals surface area contributed by atoms with Crippen LogP contribution in [-0.2, 0) is 10.0 Å². The lowest BCUT2D eigenvalue weighted by Crippen LogP contribution is -2.45. The number of alkyl halides is 1. The third kappa shape index (κ3) is 4.42. The molecule has 0 N–H and O–H groups in total. The summed E-state index contributed by atoms with van der Waals surface area (Å²) in [6, 6.07) is 0.223. The van der Waals surface area contributed by atoms with Gasteiger partial charge in [0.15, 0.2) is 0 Å². The minimum atomic E-state index is -3.12. The van der Waals surface area contributed by atoms with E-state index >= 15 is 0 Å². The molecule has 0 aliphatic carbocycles. The highest BCUT2D eigenvalue weighted by Crippen LogP contribution is 2.25. The molecule has 102 valence electrons. The predicted octanol–water partition coefficient (Wildman–Crippen LogP) is 2.85. The summed E-state index contributed by atoms with van der Waals surface area (Å²) >= 11 is 5.71. The molecule has 2 unspecified atom stereocenters. The molecule has 1 aliphatic rings. The first-order valence-corrected chi connectivity index (χ1v) is 8.71. The molecule has 1 aliphatic heterocycles. The maximum Gasteiger partial charge on any atom is 0.214 e. The zero-order valence-corrected chi connectivity index (χ0v) is 12.4. The van der Waals surface area contributed by atoms with Crippen LogP contribution in [0.15, 0.2) is 0 Å². The fraction of sp³-hybridized carbons (Fsp3) is 1.00. The Bertz CT molecular complexity index is 316. The number of hydrogen-bond donors (Lipinski definition) is 0. The molecule has 0 spiro atoms. The molecule has 3 nitrogen and oxygen atoms in total. The molecule has 1 rings (SSSR count). The van der Waals surface area contributed by atoms with Gasteiger partial charge in [-0.3, -0.25) is 0 Å². The minimum Gasteiger partial charge on any atom is -0.212 e. The van der Waals surface area contributed by atoms with E-state index in [1.54, 1.807) is 4.31 Å². The summed E-state index contributed by atoms with van der Waals surface area (Å²) in [7, 11) is -3.12. The Morgan fingerprint density at radius 3 is 2.71 bits per heavy atom. The van der Waals surface area contributed by atoms with Gasteiger partial charge >= 0.3 is 0 Å². The fourth-order valence-corrected chi connectivity index (χ4v) is 4.80. The van der Waals surface area contributed by atoms with Crippen LogP contribution in [0.2, 0.25) is 0 Å². The third-order valence-electron chi connectivity index (χ3n) is 3.31. The first-order chi connectivity index (χ1) is 8.01. The Kier molecular flexibility index (Phi) is 6.24. The standard InChI is InChI=1S/C12H24ClNO2S/c1-3-6-12-7-4-5-8-14(12)17(15,16)10-11(2)9-13/h11-12H,3-10H2,1-2H3. The summed E-state index contributed by atoms with van der Waals surface area (Å²) in [4.78, 5) is 0. The Labute approximate surface area is 111 Å². The second kappa shape index (κ2) is 6.95. The highest BCUT2D eigenvalue weighted by Gasteiger charge is 2.32. The average Bonchev–Trinajstić information content (AvgIpc) is 2.29. The maximum absolute atomic E-state index is 12.3. The van der Waals surface area contributed by atoms with Crippen LogP contribution in [0.5, 0.6) is 0 Å². The topological polar surface area (TPSA) is 37.4 Å². The Hall–Kier alpha value is 0.200. The van der Waals surface area contributed by atoms with Gasteiger partial charge in [-0.05, 0) is 25.2 Å². The molecule has 17 heavy (non-hydrogen) atoms. The van der Waals surface area contributed by atoms with Crippen molar-refractivity contribution >= 4 is 21.6 Å².